The van der Waals surface area contributed by atoms with Crippen molar-refractivity contribution in [3.05, 3.63) is 46.2 Å². The Kier molecular flexibility index (Phi) is 4.73. The molecule has 0 saturated heterocycles. The lowest BCUT2D eigenvalue weighted by Crippen LogP contribution is -2.16. The minimum atomic E-state index is -0.208. The first-order chi connectivity index (χ1) is 9.51. The average molecular weight is 293 g/mol. The van der Waals surface area contributed by atoms with Crippen molar-refractivity contribution in [2.24, 2.45) is 5.73 Å². The molecular formula is C15H20FN3S. The van der Waals surface area contributed by atoms with Crippen LogP contribution in [0.25, 0.3) is 0 Å². The SMILES string of the molecule is CC(C)c1nc(N(C)Cc2cccc(F)c2)sc1CN. The first-order valence-corrected chi connectivity index (χ1v) is 7.48. The third kappa shape index (κ3) is 3.35. The zero-order chi connectivity index (χ0) is 14.7. The van der Waals surface area contributed by atoms with Gasteiger partial charge in [-0.1, -0.05) is 26.0 Å². The second-order valence-corrected chi connectivity index (χ2v) is 6.21. The Morgan fingerprint density at radius 2 is 2.15 bits per heavy atom. The molecule has 0 atom stereocenters. The van der Waals surface area contributed by atoms with Crippen LogP contribution in [0.15, 0.2) is 24.3 Å². The van der Waals surface area contributed by atoms with Gasteiger partial charge < -0.3 is 10.6 Å². The first kappa shape index (κ1) is 14.9. The molecule has 0 spiro atoms. The van der Waals surface area contributed by atoms with E-state index in [1.54, 1.807) is 23.5 Å². The van der Waals surface area contributed by atoms with Crippen molar-refractivity contribution in [2.75, 3.05) is 11.9 Å². The summed E-state index contributed by atoms with van der Waals surface area (Å²) in [5, 5.41) is 0.929. The van der Waals surface area contributed by atoms with Crippen molar-refractivity contribution in [1.82, 2.24) is 4.98 Å². The van der Waals surface area contributed by atoms with E-state index in [0.29, 0.717) is 19.0 Å². The minimum absolute atomic E-state index is 0.208. The van der Waals surface area contributed by atoms with Gasteiger partial charge in [0.2, 0.25) is 0 Å². The molecule has 1 aromatic heterocycles. The third-order valence-electron chi connectivity index (χ3n) is 3.08. The molecule has 0 unspecified atom stereocenters. The van der Waals surface area contributed by atoms with Gasteiger partial charge in [-0.2, -0.15) is 0 Å². The summed E-state index contributed by atoms with van der Waals surface area (Å²) >= 11 is 1.62. The molecule has 0 radical (unpaired) electrons. The molecule has 1 aromatic carbocycles. The molecule has 1 heterocycles. The van der Waals surface area contributed by atoms with Crippen molar-refractivity contribution in [2.45, 2.75) is 32.9 Å². The van der Waals surface area contributed by atoms with Crippen LogP contribution in [0.4, 0.5) is 9.52 Å². The number of aromatic nitrogens is 1. The standard InChI is InChI=1S/C15H20FN3S/c1-10(2)14-13(8-17)20-15(18-14)19(3)9-11-5-4-6-12(16)7-11/h4-7,10H,8-9,17H2,1-3H3. The van der Waals surface area contributed by atoms with Gasteiger partial charge in [0.25, 0.3) is 0 Å². The molecule has 0 aliphatic rings. The van der Waals surface area contributed by atoms with Gasteiger partial charge in [0.1, 0.15) is 5.82 Å². The highest BCUT2D eigenvalue weighted by molar-refractivity contribution is 7.15. The van der Waals surface area contributed by atoms with Crippen molar-refractivity contribution in [1.29, 1.82) is 0 Å². The monoisotopic (exact) mass is 293 g/mol. The molecule has 108 valence electrons. The number of nitrogens with zero attached hydrogens (tertiary/aromatic N) is 2. The Balaban J connectivity index is 2.19. The van der Waals surface area contributed by atoms with Crippen LogP contribution in [0.3, 0.4) is 0 Å². The van der Waals surface area contributed by atoms with E-state index >= 15 is 0 Å². The molecule has 3 nitrogen and oxygen atoms in total. The van der Waals surface area contributed by atoms with Gasteiger partial charge in [-0.25, -0.2) is 9.37 Å². The molecule has 0 fully saturated rings. The Morgan fingerprint density at radius 1 is 1.40 bits per heavy atom. The smallest absolute Gasteiger partial charge is 0.185 e. The van der Waals surface area contributed by atoms with Crippen LogP contribution in [-0.2, 0) is 13.1 Å². The van der Waals surface area contributed by atoms with Crippen LogP contribution in [-0.4, -0.2) is 12.0 Å². The minimum Gasteiger partial charge on any atom is -0.347 e. The van der Waals surface area contributed by atoms with Crippen LogP contribution in [0.5, 0.6) is 0 Å². The van der Waals surface area contributed by atoms with Crippen LogP contribution >= 0.6 is 11.3 Å². The largest absolute Gasteiger partial charge is 0.347 e. The molecule has 20 heavy (non-hydrogen) atoms. The average Bonchev–Trinajstić information content (AvgIpc) is 2.83. The Bertz CT molecular complexity index is 580. The third-order valence-corrected chi connectivity index (χ3v) is 4.29. The number of hydrogen-bond acceptors (Lipinski definition) is 4. The molecule has 2 rings (SSSR count). The summed E-state index contributed by atoms with van der Waals surface area (Å²) in [7, 11) is 1.97. The molecule has 2 aromatic rings. The summed E-state index contributed by atoms with van der Waals surface area (Å²) in [6.07, 6.45) is 0. The van der Waals surface area contributed by atoms with E-state index in [1.807, 2.05) is 18.0 Å². The highest BCUT2D eigenvalue weighted by Gasteiger charge is 2.15. The van der Waals surface area contributed by atoms with Gasteiger partial charge in [0.15, 0.2) is 5.13 Å². The number of hydrogen-bond donors (Lipinski definition) is 1. The first-order valence-electron chi connectivity index (χ1n) is 6.66. The normalized spacial score (nSPS) is 11.1. The van der Waals surface area contributed by atoms with E-state index < -0.39 is 0 Å². The van der Waals surface area contributed by atoms with E-state index in [9.17, 15) is 4.39 Å². The number of halogens is 1. The Morgan fingerprint density at radius 3 is 2.70 bits per heavy atom. The summed E-state index contributed by atoms with van der Waals surface area (Å²) in [6.45, 7) is 5.38. The van der Waals surface area contributed by atoms with Crippen molar-refractivity contribution < 1.29 is 4.39 Å². The maximum Gasteiger partial charge on any atom is 0.185 e. The topological polar surface area (TPSA) is 42.2 Å². The summed E-state index contributed by atoms with van der Waals surface area (Å²) < 4.78 is 13.2. The zero-order valence-corrected chi connectivity index (χ0v) is 12.9. The highest BCUT2D eigenvalue weighted by Crippen LogP contribution is 2.30. The predicted octanol–water partition coefficient (Wildman–Crippen LogP) is 3.50. The van der Waals surface area contributed by atoms with Crippen LogP contribution < -0.4 is 10.6 Å². The summed E-state index contributed by atoms with van der Waals surface area (Å²) in [5.41, 5.74) is 7.78. The van der Waals surface area contributed by atoms with E-state index in [1.165, 1.54) is 6.07 Å². The van der Waals surface area contributed by atoms with Gasteiger partial charge in [-0.15, -0.1) is 11.3 Å². The maximum absolute atomic E-state index is 13.2. The number of rotatable bonds is 5. The molecule has 5 heteroatoms. The highest BCUT2D eigenvalue weighted by atomic mass is 32.1. The zero-order valence-electron chi connectivity index (χ0n) is 12.1. The number of benzene rings is 1. The van der Waals surface area contributed by atoms with Crippen LogP contribution in [0, 0.1) is 5.82 Å². The second-order valence-electron chi connectivity index (χ2n) is 5.15. The lowest BCUT2D eigenvalue weighted by Gasteiger charge is -2.15. The van der Waals surface area contributed by atoms with Crippen molar-refractivity contribution in [3.63, 3.8) is 0 Å². The quantitative estimate of drug-likeness (QED) is 0.917. The fourth-order valence-electron chi connectivity index (χ4n) is 2.09. The van der Waals surface area contributed by atoms with Gasteiger partial charge in [-0.3, -0.25) is 0 Å². The van der Waals surface area contributed by atoms with Crippen LogP contribution in [0.1, 0.15) is 35.9 Å². The molecule has 2 N–H and O–H groups in total. The number of thiazole rings is 1. The number of nitrogens with two attached hydrogens (primary N) is 1. The van der Waals surface area contributed by atoms with E-state index in [4.69, 9.17) is 5.73 Å². The van der Waals surface area contributed by atoms with Crippen LogP contribution in [0.2, 0.25) is 0 Å². The molecule has 0 bridgehead atoms. The summed E-state index contributed by atoms with van der Waals surface area (Å²) in [5.74, 6) is 0.154. The molecule has 0 aliphatic heterocycles. The van der Waals surface area contributed by atoms with E-state index in [2.05, 4.69) is 18.8 Å². The molecule has 0 aliphatic carbocycles. The van der Waals surface area contributed by atoms with Crippen molar-refractivity contribution >= 4 is 16.5 Å². The lowest BCUT2D eigenvalue weighted by atomic mass is 10.1. The van der Waals surface area contributed by atoms with Gasteiger partial charge in [-0.05, 0) is 23.6 Å². The van der Waals surface area contributed by atoms with Gasteiger partial charge in [0, 0.05) is 25.0 Å². The van der Waals surface area contributed by atoms with E-state index in [0.717, 1.165) is 21.3 Å². The lowest BCUT2D eigenvalue weighted by molar-refractivity contribution is 0.625. The number of anilines is 1. The predicted molar refractivity (Wildman–Crippen MR) is 82.6 cm³/mol. The fourth-order valence-corrected chi connectivity index (χ4v) is 3.14. The summed E-state index contributed by atoms with van der Waals surface area (Å²) in [6, 6.07) is 6.65. The van der Waals surface area contributed by atoms with Crippen molar-refractivity contribution in [3.8, 4) is 0 Å². The van der Waals surface area contributed by atoms with Gasteiger partial charge >= 0.3 is 0 Å². The molecule has 0 saturated carbocycles. The van der Waals surface area contributed by atoms with E-state index in [-0.39, 0.29) is 5.82 Å². The Labute approximate surface area is 123 Å². The summed E-state index contributed by atoms with van der Waals surface area (Å²) in [4.78, 5) is 7.83. The molecule has 0 amide bonds. The second kappa shape index (κ2) is 6.33. The maximum atomic E-state index is 13.2. The Hall–Kier alpha value is -1.46. The fraction of sp³-hybridized carbons (Fsp3) is 0.400. The molecular weight excluding hydrogens is 273 g/mol. The van der Waals surface area contributed by atoms with Gasteiger partial charge in [0.05, 0.1) is 5.69 Å².